The molecule has 0 aliphatic heterocycles. The molecule has 1 heterocycles. The van der Waals surface area contributed by atoms with Crippen molar-refractivity contribution < 1.29 is 4.79 Å². The Bertz CT molecular complexity index is 785. The molecular formula is C15H12N2O2. The number of fused-ring (bicyclic) bond motifs is 1. The van der Waals surface area contributed by atoms with Gasteiger partial charge in [0.1, 0.15) is 0 Å². The molecule has 2 aromatic carbocycles. The average molecular weight is 252 g/mol. The fourth-order valence-electron chi connectivity index (χ4n) is 2.12. The first kappa shape index (κ1) is 11.5. The van der Waals surface area contributed by atoms with Gasteiger partial charge in [-0.15, -0.1) is 0 Å². The molecule has 1 N–H and O–H groups in total. The fourth-order valence-corrected chi connectivity index (χ4v) is 2.12. The Morgan fingerprint density at radius 1 is 1.00 bits per heavy atom. The van der Waals surface area contributed by atoms with Gasteiger partial charge in [-0.25, -0.2) is 4.79 Å². The van der Waals surface area contributed by atoms with Crippen LogP contribution in [0.4, 0.5) is 0 Å². The number of hydrogen-bond acceptors (Lipinski definition) is 2. The van der Waals surface area contributed by atoms with Crippen LogP contribution in [0.2, 0.25) is 0 Å². The van der Waals surface area contributed by atoms with Crippen molar-refractivity contribution in [3.05, 3.63) is 70.6 Å². The average Bonchev–Trinajstić information content (AvgIpc) is 2.76. The molecule has 0 spiro atoms. The van der Waals surface area contributed by atoms with E-state index in [0.717, 1.165) is 11.0 Å². The zero-order valence-corrected chi connectivity index (χ0v) is 10.2. The summed E-state index contributed by atoms with van der Waals surface area (Å²) < 4.78 is 1.46. The lowest BCUT2D eigenvalue weighted by atomic mass is 10.1. The van der Waals surface area contributed by atoms with Crippen LogP contribution >= 0.6 is 0 Å². The lowest BCUT2D eigenvalue weighted by molar-refractivity contribution is 0.0972. The van der Waals surface area contributed by atoms with E-state index in [1.165, 1.54) is 4.57 Å². The van der Waals surface area contributed by atoms with Crippen molar-refractivity contribution in [1.82, 2.24) is 9.55 Å². The van der Waals surface area contributed by atoms with Crippen molar-refractivity contribution in [2.45, 2.75) is 6.54 Å². The van der Waals surface area contributed by atoms with Crippen LogP contribution in [-0.2, 0) is 6.54 Å². The third kappa shape index (κ3) is 2.08. The van der Waals surface area contributed by atoms with Crippen LogP contribution in [0, 0.1) is 0 Å². The number of nitrogens with zero attached hydrogens (tertiary/aromatic N) is 1. The van der Waals surface area contributed by atoms with E-state index >= 15 is 0 Å². The molecule has 0 saturated carbocycles. The summed E-state index contributed by atoms with van der Waals surface area (Å²) in [5.74, 6) is -0.0764. The van der Waals surface area contributed by atoms with Gasteiger partial charge in [0.2, 0.25) is 0 Å². The van der Waals surface area contributed by atoms with Crippen LogP contribution in [0.3, 0.4) is 0 Å². The third-order valence-electron chi connectivity index (χ3n) is 3.08. The van der Waals surface area contributed by atoms with Gasteiger partial charge in [0, 0.05) is 5.56 Å². The molecule has 0 aliphatic rings. The number of aromatic nitrogens is 2. The number of benzene rings is 2. The molecule has 1 aromatic heterocycles. The van der Waals surface area contributed by atoms with Crippen molar-refractivity contribution in [3.8, 4) is 0 Å². The summed E-state index contributed by atoms with van der Waals surface area (Å²) in [4.78, 5) is 26.7. The molecular weight excluding hydrogens is 240 g/mol. The summed E-state index contributed by atoms with van der Waals surface area (Å²) in [6.07, 6.45) is 0. The van der Waals surface area contributed by atoms with Crippen molar-refractivity contribution >= 4 is 16.8 Å². The molecule has 3 rings (SSSR count). The van der Waals surface area contributed by atoms with Crippen molar-refractivity contribution in [1.29, 1.82) is 0 Å². The SMILES string of the molecule is O=C(Cn1c(=O)[nH]c2ccccc21)c1ccccc1. The maximum atomic E-state index is 12.1. The Hall–Kier alpha value is -2.62. The van der Waals surface area contributed by atoms with Gasteiger partial charge >= 0.3 is 5.69 Å². The molecule has 0 saturated heterocycles. The number of imidazole rings is 1. The monoisotopic (exact) mass is 252 g/mol. The van der Waals surface area contributed by atoms with Gasteiger partial charge in [0.15, 0.2) is 5.78 Å². The maximum absolute atomic E-state index is 12.1. The van der Waals surface area contributed by atoms with Gasteiger partial charge < -0.3 is 4.98 Å². The minimum absolute atomic E-state index is 0.0485. The molecule has 0 atom stereocenters. The number of hydrogen-bond donors (Lipinski definition) is 1. The van der Waals surface area contributed by atoms with E-state index < -0.39 is 0 Å². The van der Waals surface area contributed by atoms with Crippen molar-refractivity contribution in [2.75, 3.05) is 0 Å². The maximum Gasteiger partial charge on any atom is 0.326 e. The van der Waals surface area contributed by atoms with E-state index in [1.807, 2.05) is 42.5 Å². The molecule has 4 nitrogen and oxygen atoms in total. The van der Waals surface area contributed by atoms with Crippen molar-refractivity contribution in [2.24, 2.45) is 0 Å². The molecule has 3 aromatic rings. The lowest BCUT2D eigenvalue weighted by Gasteiger charge is -2.02. The molecule has 0 radical (unpaired) electrons. The summed E-state index contributed by atoms with van der Waals surface area (Å²) in [5, 5.41) is 0. The van der Waals surface area contributed by atoms with Crippen LogP contribution in [0.1, 0.15) is 10.4 Å². The minimum atomic E-state index is -0.259. The first-order chi connectivity index (χ1) is 9.25. The Balaban J connectivity index is 2.00. The summed E-state index contributed by atoms with van der Waals surface area (Å²) in [6.45, 7) is 0.0485. The largest absolute Gasteiger partial charge is 0.326 e. The number of H-pyrrole nitrogens is 1. The van der Waals surface area contributed by atoms with Gasteiger partial charge in [-0.05, 0) is 12.1 Å². The Morgan fingerprint density at radius 2 is 1.68 bits per heavy atom. The highest BCUT2D eigenvalue weighted by atomic mass is 16.2. The lowest BCUT2D eigenvalue weighted by Crippen LogP contribution is -2.21. The van der Waals surface area contributed by atoms with E-state index in [2.05, 4.69) is 4.98 Å². The topological polar surface area (TPSA) is 54.9 Å². The standard InChI is InChI=1S/C15H12N2O2/c18-14(11-6-2-1-3-7-11)10-17-13-9-5-4-8-12(13)16-15(17)19/h1-9H,10H2,(H,16,19). The van der Waals surface area contributed by atoms with Crippen LogP contribution in [0.5, 0.6) is 0 Å². The quantitative estimate of drug-likeness (QED) is 0.726. The highest BCUT2D eigenvalue weighted by Gasteiger charge is 2.11. The van der Waals surface area contributed by atoms with Gasteiger partial charge in [0.25, 0.3) is 0 Å². The van der Waals surface area contributed by atoms with Gasteiger partial charge in [-0.1, -0.05) is 42.5 Å². The smallest absolute Gasteiger partial charge is 0.306 e. The van der Waals surface area contributed by atoms with Crippen LogP contribution in [0.15, 0.2) is 59.4 Å². The first-order valence-electron chi connectivity index (χ1n) is 6.01. The molecule has 4 heteroatoms. The van der Waals surface area contributed by atoms with Crippen LogP contribution in [-0.4, -0.2) is 15.3 Å². The summed E-state index contributed by atoms with van der Waals surface area (Å²) >= 11 is 0. The molecule has 0 unspecified atom stereocenters. The number of nitrogens with one attached hydrogen (secondary N) is 1. The second-order valence-corrected chi connectivity index (χ2v) is 4.32. The molecule has 0 amide bonds. The summed E-state index contributed by atoms with van der Waals surface area (Å²) in [5.41, 5.74) is 1.84. The second kappa shape index (κ2) is 4.57. The number of para-hydroxylation sites is 2. The number of aromatic amines is 1. The minimum Gasteiger partial charge on any atom is -0.306 e. The van der Waals surface area contributed by atoms with Gasteiger partial charge in [-0.2, -0.15) is 0 Å². The zero-order valence-electron chi connectivity index (χ0n) is 10.2. The van der Waals surface area contributed by atoms with E-state index in [-0.39, 0.29) is 18.0 Å². The number of carbonyl (C=O) groups is 1. The Labute approximate surface area is 109 Å². The molecule has 0 fully saturated rings. The number of Topliss-reactive ketones (excluding diaryl/α,β-unsaturated/α-hetero) is 1. The number of rotatable bonds is 3. The Kier molecular flexibility index (Phi) is 2.76. The highest BCUT2D eigenvalue weighted by Crippen LogP contribution is 2.10. The van der Waals surface area contributed by atoms with E-state index in [1.54, 1.807) is 12.1 Å². The molecule has 19 heavy (non-hydrogen) atoms. The predicted octanol–water partition coefficient (Wildman–Crippen LogP) is 2.21. The van der Waals surface area contributed by atoms with Gasteiger partial charge in [0.05, 0.1) is 17.6 Å². The third-order valence-corrected chi connectivity index (χ3v) is 3.08. The summed E-state index contributed by atoms with van der Waals surface area (Å²) in [6, 6.07) is 16.3. The first-order valence-corrected chi connectivity index (χ1v) is 6.01. The molecule has 0 aliphatic carbocycles. The number of carbonyl (C=O) groups excluding carboxylic acids is 1. The van der Waals surface area contributed by atoms with Gasteiger partial charge in [-0.3, -0.25) is 9.36 Å². The Morgan fingerprint density at radius 3 is 2.47 bits per heavy atom. The van der Waals surface area contributed by atoms with E-state index in [9.17, 15) is 9.59 Å². The van der Waals surface area contributed by atoms with Crippen LogP contribution in [0.25, 0.3) is 11.0 Å². The van der Waals surface area contributed by atoms with Crippen LogP contribution < -0.4 is 5.69 Å². The highest BCUT2D eigenvalue weighted by molar-refractivity contribution is 5.96. The fraction of sp³-hybridized carbons (Fsp3) is 0.0667. The predicted molar refractivity (Wildman–Crippen MR) is 73.3 cm³/mol. The molecule has 94 valence electrons. The van der Waals surface area contributed by atoms with Crippen molar-refractivity contribution in [3.63, 3.8) is 0 Å². The van der Waals surface area contributed by atoms with E-state index in [0.29, 0.717) is 5.56 Å². The van der Waals surface area contributed by atoms with E-state index in [4.69, 9.17) is 0 Å². The molecule has 0 bridgehead atoms. The summed E-state index contributed by atoms with van der Waals surface area (Å²) in [7, 11) is 0. The zero-order chi connectivity index (χ0) is 13.2. The number of ketones is 1. The normalized spacial score (nSPS) is 10.7. The second-order valence-electron chi connectivity index (χ2n) is 4.32.